The van der Waals surface area contributed by atoms with Gasteiger partial charge >= 0.3 is 5.97 Å². The smallest absolute Gasteiger partial charge is 0.338 e. The van der Waals surface area contributed by atoms with E-state index in [0.717, 1.165) is 0 Å². The summed E-state index contributed by atoms with van der Waals surface area (Å²) >= 11 is 1.76. The van der Waals surface area contributed by atoms with Crippen molar-refractivity contribution in [2.75, 3.05) is 6.61 Å². The van der Waals surface area contributed by atoms with Gasteiger partial charge in [-0.05, 0) is 12.1 Å². The van der Waals surface area contributed by atoms with E-state index < -0.39 is 0 Å². The molecule has 0 aromatic heterocycles. The Kier molecular flexibility index (Phi) is 3.99. The summed E-state index contributed by atoms with van der Waals surface area (Å²) in [5.74, 6) is -0.316. The summed E-state index contributed by atoms with van der Waals surface area (Å²) in [5, 5.41) is 0. The van der Waals surface area contributed by atoms with Gasteiger partial charge in [-0.25, -0.2) is 4.79 Å². The molecule has 0 radical (unpaired) electrons. The summed E-state index contributed by atoms with van der Waals surface area (Å²) in [6.45, 7) is 6.71. The van der Waals surface area contributed by atoms with Crippen LogP contribution in [0.15, 0.2) is 30.3 Å². The van der Waals surface area contributed by atoms with Crippen LogP contribution >= 0.6 is 11.8 Å². The Morgan fingerprint density at radius 2 is 1.90 bits per heavy atom. The minimum Gasteiger partial charge on any atom is -0.459 e. The molecule has 2 aliphatic heterocycles. The van der Waals surface area contributed by atoms with Crippen molar-refractivity contribution in [2.45, 2.75) is 49.3 Å². The standard InChI is InChI=1S/C16H20O4S/c1-16(2,3)21-15-13-12(20-13)11(19-15)9-18-14(17)10-7-5-4-6-8-10/h4-8,11-13,15H,9H2,1-3H3/t11-,12+,13+,15-/m1/s1. The van der Waals surface area contributed by atoms with Crippen LogP contribution in [0.25, 0.3) is 0 Å². The lowest BCUT2D eigenvalue weighted by atomic mass is 10.2. The number of carbonyl (C=O) groups is 1. The van der Waals surface area contributed by atoms with E-state index in [4.69, 9.17) is 14.2 Å². The Bertz CT molecular complexity index is 511. The molecule has 2 saturated heterocycles. The number of thioether (sulfide) groups is 1. The molecule has 2 heterocycles. The van der Waals surface area contributed by atoms with Crippen LogP contribution < -0.4 is 0 Å². The summed E-state index contributed by atoms with van der Waals surface area (Å²) in [7, 11) is 0. The Hall–Kier alpha value is -1.04. The van der Waals surface area contributed by atoms with Crippen molar-refractivity contribution in [2.24, 2.45) is 0 Å². The SMILES string of the molecule is CC(C)(C)S[C@H]1O[C@H](COC(=O)c2ccccc2)[C@@H]2O[C@@H]21. The summed E-state index contributed by atoms with van der Waals surface area (Å²) < 4.78 is 17.0. The molecule has 0 spiro atoms. The van der Waals surface area contributed by atoms with Crippen LogP contribution in [-0.4, -0.2) is 41.1 Å². The highest BCUT2D eigenvalue weighted by Gasteiger charge is 2.59. The number of esters is 1. The fraction of sp³-hybridized carbons (Fsp3) is 0.562. The summed E-state index contributed by atoms with van der Waals surface area (Å²) in [6, 6.07) is 8.99. The second-order valence-corrected chi connectivity index (χ2v) is 8.23. The van der Waals surface area contributed by atoms with Crippen LogP contribution in [-0.2, 0) is 14.2 Å². The van der Waals surface area contributed by atoms with Crippen LogP contribution in [0.5, 0.6) is 0 Å². The van der Waals surface area contributed by atoms with Gasteiger partial charge in [0.15, 0.2) is 0 Å². The molecule has 21 heavy (non-hydrogen) atoms. The Morgan fingerprint density at radius 3 is 2.57 bits per heavy atom. The van der Waals surface area contributed by atoms with Crippen molar-refractivity contribution < 1.29 is 19.0 Å². The normalized spacial score (nSPS) is 30.8. The Labute approximate surface area is 129 Å². The van der Waals surface area contributed by atoms with E-state index in [2.05, 4.69) is 20.8 Å². The minimum absolute atomic E-state index is 0.0374. The lowest BCUT2D eigenvalue weighted by molar-refractivity contribution is -0.0293. The number of hydrogen-bond acceptors (Lipinski definition) is 5. The van der Waals surface area contributed by atoms with Crippen LogP contribution in [0.4, 0.5) is 0 Å². The third-order valence-electron chi connectivity index (χ3n) is 3.36. The second kappa shape index (κ2) is 5.63. The summed E-state index contributed by atoms with van der Waals surface area (Å²) in [6.07, 6.45) is 0.0746. The topological polar surface area (TPSA) is 48.1 Å². The van der Waals surface area contributed by atoms with Gasteiger partial charge in [-0.3, -0.25) is 0 Å². The number of rotatable bonds is 4. The number of epoxide rings is 1. The first-order valence-electron chi connectivity index (χ1n) is 7.15. The highest BCUT2D eigenvalue weighted by molar-refractivity contribution is 8.01. The number of benzene rings is 1. The van der Waals surface area contributed by atoms with E-state index in [1.54, 1.807) is 23.9 Å². The number of hydrogen-bond donors (Lipinski definition) is 0. The molecule has 1 aromatic carbocycles. The molecule has 0 saturated carbocycles. The third-order valence-corrected chi connectivity index (χ3v) is 4.68. The number of carbonyl (C=O) groups excluding carboxylic acids is 1. The predicted molar refractivity (Wildman–Crippen MR) is 81.4 cm³/mol. The van der Waals surface area contributed by atoms with Crippen molar-refractivity contribution in [3.8, 4) is 0 Å². The molecule has 4 atom stereocenters. The quantitative estimate of drug-likeness (QED) is 0.632. The second-order valence-electron chi connectivity index (χ2n) is 6.30. The van der Waals surface area contributed by atoms with Crippen molar-refractivity contribution in [3.63, 3.8) is 0 Å². The molecular formula is C16H20O4S. The zero-order chi connectivity index (χ0) is 15.0. The Balaban J connectivity index is 1.50. The molecule has 1 aromatic rings. The maximum Gasteiger partial charge on any atom is 0.338 e. The van der Waals surface area contributed by atoms with E-state index in [-0.39, 0.29) is 41.1 Å². The van der Waals surface area contributed by atoms with Gasteiger partial charge in [-0.15, -0.1) is 11.8 Å². The van der Waals surface area contributed by atoms with Gasteiger partial charge in [0.2, 0.25) is 0 Å². The molecule has 0 unspecified atom stereocenters. The van der Waals surface area contributed by atoms with Gasteiger partial charge in [0.25, 0.3) is 0 Å². The van der Waals surface area contributed by atoms with Crippen LogP contribution in [0.3, 0.4) is 0 Å². The Morgan fingerprint density at radius 1 is 1.19 bits per heavy atom. The molecule has 0 bridgehead atoms. The lowest BCUT2D eigenvalue weighted by Crippen LogP contribution is -2.26. The van der Waals surface area contributed by atoms with E-state index in [9.17, 15) is 4.79 Å². The molecular weight excluding hydrogens is 288 g/mol. The highest BCUT2D eigenvalue weighted by atomic mass is 32.2. The molecule has 0 N–H and O–H groups in total. The first-order valence-corrected chi connectivity index (χ1v) is 8.03. The molecule has 2 fully saturated rings. The zero-order valence-electron chi connectivity index (χ0n) is 12.4. The summed E-state index contributed by atoms with van der Waals surface area (Å²) in [4.78, 5) is 11.9. The highest BCUT2D eigenvalue weighted by Crippen LogP contribution is 2.47. The fourth-order valence-corrected chi connectivity index (χ4v) is 3.62. The maximum atomic E-state index is 11.9. The average molecular weight is 308 g/mol. The van der Waals surface area contributed by atoms with Crippen LogP contribution in [0.2, 0.25) is 0 Å². The van der Waals surface area contributed by atoms with Gasteiger partial charge in [0.1, 0.15) is 30.4 Å². The monoisotopic (exact) mass is 308 g/mol. The molecule has 3 rings (SSSR count). The molecule has 0 amide bonds. The molecule has 4 nitrogen and oxygen atoms in total. The van der Waals surface area contributed by atoms with E-state index in [1.165, 1.54) is 0 Å². The van der Waals surface area contributed by atoms with E-state index >= 15 is 0 Å². The van der Waals surface area contributed by atoms with E-state index in [0.29, 0.717) is 5.56 Å². The van der Waals surface area contributed by atoms with Crippen LogP contribution in [0.1, 0.15) is 31.1 Å². The van der Waals surface area contributed by atoms with Gasteiger partial charge < -0.3 is 14.2 Å². The predicted octanol–water partition coefficient (Wildman–Crippen LogP) is 2.87. The van der Waals surface area contributed by atoms with Gasteiger partial charge in [-0.2, -0.15) is 0 Å². The van der Waals surface area contributed by atoms with Crippen molar-refractivity contribution in [1.82, 2.24) is 0 Å². The zero-order valence-corrected chi connectivity index (χ0v) is 13.3. The summed E-state index contributed by atoms with van der Waals surface area (Å²) in [5.41, 5.74) is 0.597. The average Bonchev–Trinajstić information content (AvgIpc) is 3.16. The first kappa shape index (κ1) is 14.9. The first-order chi connectivity index (χ1) is 9.94. The van der Waals surface area contributed by atoms with Gasteiger partial charge in [-0.1, -0.05) is 39.0 Å². The molecule has 5 heteroatoms. The maximum absolute atomic E-state index is 11.9. The lowest BCUT2D eigenvalue weighted by Gasteiger charge is -2.24. The number of fused-ring (bicyclic) bond motifs is 1. The van der Waals surface area contributed by atoms with Gasteiger partial charge in [0, 0.05) is 4.75 Å². The number of ether oxygens (including phenoxy) is 3. The van der Waals surface area contributed by atoms with Gasteiger partial charge in [0.05, 0.1) is 5.56 Å². The third kappa shape index (κ3) is 3.59. The van der Waals surface area contributed by atoms with Crippen molar-refractivity contribution in [3.05, 3.63) is 35.9 Å². The van der Waals surface area contributed by atoms with Crippen molar-refractivity contribution in [1.29, 1.82) is 0 Å². The fourth-order valence-electron chi connectivity index (χ4n) is 2.37. The van der Waals surface area contributed by atoms with E-state index in [1.807, 2.05) is 18.2 Å². The minimum atomic E-state index is -0.316. The van der Waals surface area contributed by atoms with Crippen molar-refractivity contribution >= 4 is 17.7 Å². The molecule has 2 aliphatic rings. The largest absolute Gasteiger partial charge is 0.459 e. The van der Waals surface area contributed by atoms with Crippen LogP contribution in [0, 0.1) is 0 Å². The molecule has 0 aliphatic carbocycles. The molecule has 114 valence electrons.